The van der Waals surface area contributed by atoms with E-state index in [1.807, 2.05) is 36.4 Å². The van der Waals surface area contributed by atoms with E-state index in [4.69, 9.17) is 21.4 Å². The molecular weight excluding hydrogens is 374 g/mol. The average Bonchev–Trinajstić information content (AvgIpc) is 2.72. The first-order valence-corrected chi connectivity index (χ1v) is 10.2. The summed E-state index contributed by atoms with van der Waals surface area (Å²) in [5.41, 5.74) is 2.44. The van der Waals surface area contributed by atoms with E-state index in [0.29, 0.717) is 12.0 Å². The third kappa shape index (κ3) is 8.42. The van der Waals surface area contributed by atoms with Crippen molar-refractivity contribution >= 4 is 17.6 Å². The molecule has 0 aliphatic carbocycles. The van der Waals surface area contributed by atoms with Crippen molar-refractivity contribution < 1.29 is 14.6 Å². The number of carboxylic acids is 1. The van der Waals surface area contributed by atoms with Crippen LogP contribution in [0.1, 0.15) is 36.3 Å². The highest BCUT2D eigenvalue weighted by Gasteiger charge is 2.14. The Labute approximate surface area is 173 Å². The monoisotopic (exact) mass is 403 g/mol. The molecule has 3 rings (SSSR count). The minimum atomic E-state index is -0.930. The van der Waals surface area contributed by atoms with Crippen LogP contribution in [0.4, 0.5) is 0 Å². The smallest absolute Gasteiger partial charge is 0.329 e. The number of carboxylic acid groups (broad SMARTS) is 1. The molecule has 0 unspecified atom stereocenters. The van der Waals surface area contributed by atoms with E-state index in [2.05, 4.69) is 36.2 Å². The molecule has 4 nitrogen and oxygen atoms in total. The summed E-state index contributed by atoms with van der Waals surface area (Å²) in [6.45, 7) is 2.54. The number of ether oxygens (including phenoxy) is 1. The van der Waals surface area contributed by atoms with E-state index in [1.54, 1.807) is 0 Å². The number of likely N-dealkylation sites (tertiary alicyclic amines) is 1. The maximum Gasteiger partial charge on any atom is 0.329 e. The number of alkyl halides is 1. The summed E-state index contributed by atoms with van der Waals surface area (Å²) in [6, 6.07) is 20.4. The Hall–Kier alpha value is -1.88. The van der Waals surface area contributed by atoms with Gasteiger partial charge in [0.1, 0.15) is 6.61 Å². The maximum atomic E-state index is 10.5. The number of hydrogen-bond donors (Lipinski definition) is 1. The lowest BCUT2D eigenvalue weighted by molar-refractivity contribution is -0.142. The lowest BCUT2D eigenvalue weighted by Crippen LogP contribution is -2.30. The second-order valence-electron chi connectivity index (χ2n) is 7.09. The van der Waals surface area contributed by atoms with Gasteiger partial charge in [0, 0.05) is 17.9 Å². The Morgan fingerprint density at radius 1 is 1.07 bits per heavy atom. The highest BCUT2D eigenvalue weighted by atomic mass is 35.5. The van der Waals surface area contributed by atoms with Crippen LogP contribution in [0.3, 0.4) is 0 Å². The van der Waals surface area contributed by atoms with Crippen LogP contribution in [-0.2, 0) is 9.53 Å². The fourth-order valence-corrected chi connectivity index (χ4v) is 3.43. The zero-order valence-electron chi connectivity index (χ0n) is 16.5. The zero-order valence-corrected chi connectivity index (χ0v) is 17.2. The topological polar surface area (TPSA) is 49.8 Å². The van der Waals surface area contributed by atoms with E-state index in [0.717, 1.165) is 19.3 Å². The van der Waals surface area contributed by atoms with Crippen molar-refractivity contribution in [1.29, 1.82) is 0 Å². The molecular formula is C23H30ClNO3. The molecule has 0 spiro atoms. The molecule has 1 aliphatic heterocycles. The third-order valence-electron chi connectivity index (χ3n) is 4.83. The van der Waals surface area contributed by atoms with Crippen LogP contribution in [0, 0.1) is 0 Å². The van der Waals surface area contributed by atoms with Crippen molar-refractivity contribution in [2.75, 3.05) is 33.4 Å². The second-order valence-corrected chi connectivity index (χ2v) is 7.70. The molecule has 28 heavy (non-hydrogen) atoms. The number of rotatable bonds is 7. The predicted molar refractivity (Wildman–Crippen MR) is 114 cm³/mol. The molecule has 1 aliphatic rings. The number of piperidine rings is 1. The SMILES string of the molecule is CN1CCC(Cl)CC1.O=C(O)COCCC(c1ccccc1)c1ccccc1. The molecule has 1 heterocycles. The van der Waals surface area contributed by atoms with Gasteiger partial charge in [0.15, 0.2) is 0 Å². The van der Waals surface area contributed by atoms with Crippen LogP contribution >= 0.6 is 11.6 Å². The van der Waals surface area contributed by atoms with Gasteiger partial charge in [0.2, 0.25) is 0 Å². The quantitative estimate of drug-likeness (QED) is 0.541. The van der Waals surface area contributed by atoms with Gasteiger partial charge < -0.3 is 14.7 Å². The van der Waals surface area contributed by atoms with Crippen molar-refractivity contribution in [2.24, 2.45) is 0 Å². The molecule has 0 radical (unpaired) electrons. The summed E-state index contributed by atoms with van der Waals surface area (Å²) < 4.78 is 5.17. The van der Waals surface area contributed by atoms with E-state index < -0.39 is 5.97 Å². The summed E-state index contributed by atoms with van der Waals surface area (Å²) in [6.07, 6.45) is 3.09. The molecule has 1 N–H and O–H groups in total. The summed E-state index contributed by atoms with van der Waals surface area (Å²) in [7, 11) is 2.14. The predicted octanol–water partition coefficient (Wildman–Crippen LogP) is 4.63. The number of nitrogens with zero attached hydrogens (tertiary/aromatic N) is 1. The summed E-state index contributed by atoms with van der Waals surface area (Å²) in [5, 5.41) is 9.04. The van der Waals surface area contributed by atoms with Gasteiger partial charge in [-0.15, -0.1) is 11.6 Å². The van der Waals surface area contributed by atoms with E-state index in [1.165, 1.54) is 24.2 Å². The summed E-state index contributed by atoms with van der Waals surface area (Å²) >= 11 is 5.86. The molecule has 5 heteroatoms. The highest BCUT2D eigenvalue weighted by Crippen LogP contribution is 2.27. The normalized spacial score (nSPS) is 15.1. The van der Waals surface area contributed by atoms with Gasteiger partial charge in [-0.2, -0.15) is 0 Å². The minimum absolute atomic E-state index is 0.228. The summed E-state index contributed by atoms with van der Waals surface area (Å²) in [5.74, 6) is -0.702. The Kier molecular flexibility index (Phi) is 10.0. The fourth-order valence-electron chi connectivity index (χ4n) is 3.23. The van der Waals surface area contributed by atoms with Crippen LogP contribution in [0.2, 0.25) is 0 Å². The Balaban J connectivity index is 0.000000292. The van der Waals surface area contributed by atoms with Crippen molar-refractivity contribution in [2.45, 2.75) is 30.6 Å². The molecule has 0 amide bonds. The van der Waals surface area contributed by atoms with Gasteiger partial charge in [0.05, 0.1) is 0 Å². The fraction of sp³-hybridized carbons (Fsp3) is 0.435. The number of hydrogen-bond acceptors (Lipinski definition) is 3. The average molecular weight is 404 g/mol. The minimum Gasteiger partial charge on any atom is -0.480 e. The van der Waals surface area contributed by atoms with Gasteiger partial charge in [-0.25, -0.2) is 4.79 Å². The van der Waals surface area contributed by atoms with Gasteiger partial charge >= 0.3 is 5.97 Å². The molecule has 2 aromatic rings. The van der Waals surface area contributed by atoms with Gasteiger partial charge in [-0.05, 0) is 50.5 Å². The van der Waals surface area contributed by atoms with Crippen molar-refractivity contribution in [3.63, 3.8) is 0 Å². The first kappa shape index (κ1) is 22.4. The molecule has 1 fully saturated rings. The molecule has 1 saturated heterocycles. The first-order valence-electron chi connectivity index (χ1n) is 9.78. The van der Waals surface area contributed by atoms with Gasteiger partial charge in [0.25, 0.3) is 0 Å². The molecule has 152 valence electrons. The lowest BCUT2D eigenvalue weighted by Gasteiger charge is -2.24. The maximum absolute atomic E-state index is 10.5. The van der Waals surface area contributed by atoms with Crippen molar-refractivity contribution in [3.05, 3.63) is 71.8 Å². The number of halogens is 1. The van der Waals surface area contributed by atoms with Crippen LogP contribution in [0.5, 0.6) is 0 Å². The van der Waals surface area contributed by atoms with Crippen LogP contribution < -0.4 is 0 Å². The van der Waals surface area contributed by atoms with E-state index in [-0.39, 0.29) is 12.5 Å². The molecule has 0 aromatic heterocycles. The largest absolute Gasteiger partial charge is 0.480 e. The summed E-state index contributed by atoms with van der Waals surface area (Å²) in [4.78, 5) is 12.8. The van der Waals surface area contributed by atoms with Crippen LogP contribution in [-0.4, -0.2) is 54.7 Å². The van der Waals surface area contributed by atoms with Crippen LogP contribution in [0.25, 0.3) is 0 Å². The third-order valence-corrected chi connectivity index (χ3v) is 5.26. The standard InChI is InChI=1S/C17H18O3.C6H12ClN/c18-17(19)13-20-12-11-16(14-7-3-1-4-8-14)15-9-5-2-6-10-15;1-8-4-2-6(7)3-5-8/h1-10,16H,11-13H2,(H,18,19);6H,2-5H2,1H3. The number of carbonyl (C=O) groups is 1. The van der Waals surface area contributed by atoms with E-state index >= 15 is 0 Å². The van der Waals surface area contributed by atoms with Crippen LogP contribution in [0.15, 0.2) is 60.7 Å². The Morgan fingerprint density at radius 3 is 2.00 bits per heavy atom. The first-order chi connectivity index (χ1) is 13.6. The Morgan fingerprint density at radius 2 is 1.57 bits per heavy atom. The van der Waals surface area contributed by atoms with Crippen molar-refractivity contribution in [1.82, 2.24) is 4.90 Å². The molecule has 0 saturated carbocycles. The van der Waals surface area contributed by atoms with E-state index in [9.17, 15) is 4.79 Å². The lowest BCUT2D eigenvalue weighted by atomic mass is 9.89. The Bertz CT molecular complexity index is 623. The molecule has 2 aromatic carbocycles. The van der Waals surface area contributed by atoms with Crippen molar-refractivity contribution in [3.8, 4) is 0 Å². The van der Waals surface area contributed by atoms with Gasteiger partial charge in [-0.1, -0.05) is 60.7 Å². The number of benzene rings is 2. The molecule has 0 bridgehead atoms. The zero-order chi connectivity index (χ0) is 20.2. The highest BCUT2D eigenvalue weighted by molar-refractivity contribution is 6.20. The van der Waals surface area contributed by atoms with Gasteiger partial charge in [-0.3, -0.25) is 0 Å². The second kappa shape index (κ2) is 12.6. The number of aliphatic carboxylic acids is 1. The molecule has 0 atom stereocenters.